The standard InChI is InChI=1S/C20H20FN5O4/c1-13-16(24-12-30-13)18(27)25-4-2-20(21,3-5-25)19(28)26-6-7-29-17-14(8-22)9-23-10-15(17)11-26/h9-10,12H,2-7,11H2,1H3. The maximum Gasteiger partial charge on any atom is 0.276 e. The van der Waals surface area contributed by atoms with Gasteiger partial charge in [0, 0.05) is 43.9 Å². The molecular weight excluding hydrogens is 393 g/mol. The van der Waals surface area contributed by atoms with Gasteiger partial charge < -0.3 is 19.0 Å². The van der Waals surface area contributed by atoms with Crippen molar-refractivity contribution >= 4 is 11.8 Å². The van der Waals surface area contributed by atoms with E-state index >= 15 is 4.39 Å². The summed E-state index contributed by atoms with van der Waals surface area (Å²) < 4.78 is 26.3. The van der Waals surface area contributed by atoms with E-state index in [0.29, 0.717) is 17.1 Å². The zero-order valence-corrected chi connectivity index (χ0v) is 16.4. The van der Waals surface area contributed by atoms with Crippen molar-refractivity contribution in [3.8, 4) is 11.8 Å². The van der Waals surface area contributed by atoms with Crippen LogP contribution in [0.1, 0.15) is 40.2 Å². The maximum atomic E-state index is 15.6. The Kier molecular flexibility index (Phi) is 5.11. The average Bonchev–Trinajstić information content (AvgIpc) is 3.06. The van der Waals surface area contributed by atoms with Gasteiger partial charge in [-0.1, -0.05) is 0 Å². The second kappa shape index (κ2) is 7.74. The van der Waals surface area contributed by atoms with Crippen LogP contribution in [0.5, 0.6) is 5.75 Å². The van der Waals surface area contributed by atoms with E-state index < -0.39 is 11.6 Å². The molecule has 2 aliphatic rings. The first-order chi connectivity index (χ1) is 14.4. The molecule has 1 fully saturated rings. The topological polar surface area (TPSA) is 113 Å². The van der Waals surface area contributed by atoms with Gasteiger partial charge in [0.2, 0.25) is 0 Å². The van der Waals surface area contributed by atoms with Gasteiger partial charge in [-0.3, -0.25) is 14.6 Å². The summed E-state index contributed by atoms with van der Waals surface area (Å²) in [5, 5.41) is 9.21. The van der Waals surface area contributed by atoms with Gasteiger partial charge in [-0.25, -0.2) is 9.37 Å². The van der Waals surface area contributed by atoms with E-state index in [2.05, 4.69) is 9.97 Å². The number of piperidine rings is 1. The predicted molar refractivity (Wildman–Crippen MR) is 100 cm³/mol. The van der Waals surface area contributed by atoms with E-state index in [4.69, 9.17) is 9.15 Å². The SMILES string of the molecule is Cc1ocnc1C(=O)N1CCC(F)(C(=O)N2CCOc3c(C#N)cncc3C2)CC1. The van der Waals surface area contributed by atoms with Crippen LogP contribution in [0.15, 0.2) is 23.2 Å². The first kappa shape index (κ1) is 19.8. The Morgan fingerprint density at radius 2 is 2.00 bits per heavy atom. The molecule has 0 bridgehead atoms. The number of halogens is 1. The van der Waals surface area contributed by atoms with Crippen LogP contribution in [0, 0.1) is 18.3 Å². The lowest BCUT2D eigenvalue weighted by Crippen LogP contribution is -2.53. The van der Waals surface area contributed by atoms with Crippen LogP contribution < -0.4 is 4.74 Å². The number of hydrogen-bond donors (Lipinski definition) is 0. The number of likely N-dealkylation sites (tertiary alicyclic amines) is 1. The fourth-order valence-corrected chi connectivity index (χ4v) is 3.79. The van der Waals surface area contributed by atoms with Gasteiger partial charge in [0.25, 0.3) is 11.8 Å². The number of nitrogens with zero attached hydrogens (tertiary/aromatic N) is 5. The molecule has 0 atom stereocenters. The Hall–Kier alpha value is -3.48. The third-order valence-corrected chi connectivity index (χ3v) is 5.52. The molecule has 0 aromatic carbocycles. The molecule has 2 aliphatic heterocycles. The molecule has 0 unspecified atom stereocenters. The number of amides is 2. The van der Waals surface area contributed by atoms with Crippen molar-refractivity contribution in [2.45, 2.75) is 32.0 Å². The van der Waals surface area contributed by atoms with Gasteiger partial charge in [-0.05, 0) is 6.92 Å². The number of aromatic nitrogens is 2. The third kappa shape index (κ3) is 3.47. The minimum absolute atomic E-state index is 0.102. The Balaban J connectivity index is 1.45. The summed E-state index contributed by atoms with van der Waals surface area (Å²) in [6, 6.07) is 2.01. The van der Waals surface area contributed by atoms with Gasteiger partial charge in [-0.2, -0.15) is 5.26 Å². The van der Waals surface area contributed by atoms with Crippen molar-refractivity contribution < 1.29 is 23.1 Å². The summed E-state index contributed by atoms with van der Waals surface area (Å²) >= 11 is 0. The van der Waals surface area contributed by atoms with E-state index in [0.717, 1.165) is 0 Å². The van der Waals surface area contributed by atoms with Gasteiger partial charge >= 0.3 is 0 Å². The van der Waals surface area contributed by atoms with E-state index in [1.165, 1.54) is 28.6 Å². The van der Waals surface area contributed by atoms with Crippen molar-refractivity contribution in [2.75, 3.05) is 26.2 Å². The zero-order valence-electron chi connectivity index (χ0n) is 16.4. The Morgan fingerprint density at radius 1 is 1.23 bits per heavy atom. The van der Waals surface area contributed by atoms with Crippen LogP contribution >= 0.6 is 0 Å². The first-order valence-electron chi connectivity index (χ1n) is 9.60. The maximum absolute atomic E-state index is 15.6. The molecule has 1 saturated heterocycles. The molecule has 156 valence electrons. The van der Waals surface area contributed by atoms with Crippen LogP contribution in [-0.2, 0) is 11.3 Å². The molecule has 0 spiro atoms. The molecule has 2 amide bonds. The average molecular weight is 413 g/mol. The molecular formula is C20H20FN5O4. The Labute approximate surface area is 172 Å². The monoisotopic (exact) mass is 413 g/mol. The third-order valence-electron chi connectivity index (χ3n) is 5.52. The highest BCUT2D eigenvalue weighted by atomic mass is 19.1. The summed E-state index contributed by atoms with van der Waals surface area (Å²) in [4.78, 5) is 36.4. The second-order valence-electron chi connectivity index (χ2n) is 7.38. The number of nitriles is 1. The van der Waals surface area contributed by atoms with Gasteiger partial charge in [0.15, 0.2) is 17.8 Å². The number of carbonyl (C=O) groups is 2. The lowest BCUT2D eigenvalue weighted by Gasteiger charge is -2.37. The van der Waals surface area contributed by atoms with Crippen LogP contribution in [0.2, 0.25) is 0 Å². The largest absolute Gasteiger partial charge is 0.490 e. The lowest BCUT2D eigenvalue weighted by molar-refractivity contribution is -0.147. The summed E-state index contributed by atoms with van der Waals surface area (Å²) in [6.45, 7) is 2.32. The molecule has 10 heteroatoms. The Bertz CT molecular complexity index is 1020. The minimum Gasteiger partial charge on any atom is -0.490 e. The normalized spacial score (nSPS) is 18.0. The summed E-state index contributed by atoms with van der Waals surface area (Å²) in [7, 11) is 0. The van der Waals surface area contributed by atoms with Gasteiger partial charge in [0.1, 0.15) is 29.7 Å². The summed E-state index contributed by atoms with van der Waals surface area (Å²) in [5.41, 5.74) is -1.01. The van der Waals surface area contributed by atoms with Crippen molar-refractivity contribution in [1.82, 2.24) is 19.8 Å². The molecule has 0 radical (unpaired) electrons. The molecule has 0 saturated carbocycles. The fourth-order valence-electron chi connectivity index (χ4n) is 3.79. The van der Waals surface area contributed by atoms with Crippen molar-refractivity contribution in [3.63, 3.8) is 0 Å². The zero-order chi connectivity index (χ0) is 21.3. The van der Waals surface area contributed by atoms with Crippen LogP contribution in [-0.4, -0.2) is 63.5 Å². The Morgan fingerprint density at radius 3 is 2.67 bits per heavy atom. The van der Waals surface area contributed by atoms with Crippen molar-refractivity contribution in [1.29, 1.82) is 5.26 Å². The van der Waals surface area contributed by atoms with E-state index in [1.807, 2.05) is 6.07 Å². The quantitative estimate of drug-likeness (QED) is 0.735. The highest BCUT2D eigenvalue weighted by Gasteiger charge is 2.45. The number of carbonyl (C=O) groups excluding carboxylic acids is 2. The molecule has 9 nitrogen and oxygen atoms in total. The van der Waals surface area contributed by atoms with Crippen LogP contribution in [0.4, 0.5) is 4.39 Å². The molecule has 4 heterocycles. The predicted octanol–water partition coefficient (Wildman–Crippen LogP) is 1.62. The van der Waals surface area contributed by atoms with E-state index in [-0.39, 0.29) is 62.8 Å². The van der Waals surface area contributed by atoms with Crippen LogP contribution in [0.25, 0.3) is 0 Å². The molecule has 4 rings (SSSR count). The van der Waals surface area contributed by atoms with Gasteiger partial charge in [0.05, 0.1) is 13.1 Å². The van der Waals surface area contributed by atoms with E-state index in [9.17, 15) is 14.9 Å². The highest BCUT2D eigenvalue weighted by molar-refractivity contribution is 5.93. The molecule has 0 aliphatic carbocycles. The number of ether oxygens (including phenoxy) is 1. The number of alkyl halides is 1. The van der Waals surface area contributed by atoms with Gasteiger partial charge in [-0.15, -0.1) is 0 Å². The van der Waals surface area contributed by atoms with Crippen molar-refractivity contribution in [3.05, 3.63) is 41.4 Å². The number of rotatable bonds is 2. The summed E-state index contributed by atoms with van der Waals surface area (Å²) in [6.07, 6.45) is 3.91. The molecule has 30 heavy (non-hydrogen) atoms. The lowest BCUT2D eigenvalue weighted by atomic mass is 9.91. The number of hydrogen-bond acceptors (Lipinski definition) is 7. The molecule has 0 N–H and O–H groups in total. The second-order valence-corrected chi connectivity index (χ2v) is 7.38. The molecule has 2 aromatic heterocycles. The number of fused-ring (bicyclic) bond motifs is 1. The fraction of sp³-hybridized carbons (Fsp3) is 0.450. The van der Waals surface area contributed by atoms with Crippen LogP contribution in [0.3, 0.4) is 0 Å². The number of pyridine rings is 1. The highest BCUT2D eigenvalue weighted by Crippen LogP contribution is 2.32. The summed E-state index contributed by atoms with van der Waals surface area (Å²) in [5.74, 6) is -0.171. The smallest absolute Gasteiger partial charge is 0.276 e. The first-order valence-corrected chi connectivity index (χ1v) is 9.60. The van der Waals surface area contributed by atoms with Crippen molar-refractivity contribution in [2.24, 2.45) is 0 Å². The minimum atomic E-state index is -2.07. The molecule has 2 aromatic rings. The number of aryl methyl sites for hydroxylation is 1. The number of oxazole rings is 1. The van der Waals surface area contributed by atoms with E-state index in [1.54, 1.807) is 6.92 Å².